The van der Waals surface area contributed by atoms with Gasteiger partial charge < -0.3 is 4.42 Å². The Labute approximate surface area is 188 Å². The fourth-order valence-electron chi connectivity index (χ4n) is 2.74. The van der Waals surface area contributed by atoms with Crippen LogP contribution in [0, 0.1) is 3.57 Å². The zero-order chi connectivity index (χ0) is 19.7. The van der Waals surface area contributed by atoms with Gasteiger partial charge in [0, 0.05) is 19.7 Å². The number of thioether (sulfide) groups is 1. The second kappa shape index (κ2) is 8.26. The number of hydrogen-bond acceptors (Lipinski definition) is 4. The van der Waals surface area contributed by atoms with Crippen molar-refractivity contribution in [1.29, 1.82) is 0 Å². The Hall–Kier alpha value is -1.84. The molecule has 1 aliphatic rings. The number of carbonyl (C=O) groups excluding carboxylic acids is 2. The van der Waals surface area contributed by atoms with E-state index in [1.807, 2.05) is 54.6 Å². The van der Waals surface area contributed by atoms with Gasteiger partial charge in [0.05, 0.1) is 11.4 Å². The van der Waals surface area contributed by atoms with Crippen LogP contribution in [0.1, 0.15) is 11.3 Å². The Morgan fingerprint density at radius 1 is 1.00 bits per heavy atom. The van der Waals surface area contributed by atoms with Crippen molar-refractivity contribution in [1.82, 2.24) is 4.90 Å². The summed E-state index contributed by atoms with van der Waals surface area (Å²) in [6.45, 7) is 0.265. The first-order valence-corrected chi connectivity index (χ1v) is 11.0. The number of nitrogens with zero attached hydrogens (tertiary/aromatic N) is 1. The molecule has 0 saturated carbocycles. The normalized spacial score (nSPS) is 15.6. The monoisotopic (exact) mass is 565 g/mol. The maximum Gasteiger partial charge on any atom is 0.293 e. The topological polar surface area (TPSA) is 50.5 Å². The highest BCUT2D eigenvalue weighted by molar-refractivity contribution is 14.1. The summed E-state index contributed by atoms with van der Waals surface area (Å²) in [4.78, 5) is 26.6. The molecule has 0 unspecified atom stereocenters. The highest BCUT2D eigenvalue weighted by atomic mass is 127. The molecule has 2 aromatic carbocycles. The molecule has 0 aliphatic carbocycles. The van der Waals surface area contributed by atoms with Crippen LogP contribution in [-0.4, -0.2) is 16.0 Å². The van der Waals surface area contributed by atoms with Gasteiger partial charge in [-0.2, -0.15) is 0 Å². The molecule has 0 N–H and O–H groups in total. The van der Waals surface area contributed by atoms with Gasteiger partial charge in [0.1, 0.15) is 11.5 Å². The van der Waals surface area contributed by atoms with Crippen LogP contribution in [0.5, 0.6) is 0 Å². The van der Waals surface area contributed by atoms with Crippen molar-refractivity contribution in [3.8, 4) is 11.3 Å². The molecule has 0 spiro atoms. The summed E-state index contributed by atoms with van der Waals surface area (Å²) in [6.07, 6.45) is 1.63. The van der Waals surface area contributed by atoms with E-state index in [1.54, 1.807) is 12.1 Å². The van der Waals surface area contributed by atoms with Gasteiger partial charge in [0.15, 0.2) is 0 Å². The molecule has 1 aromatic heterocycles. The molecular formula is C21H13BrINO3S. The third-order valence-electron chi connectivity index (χ3n) is 4.16. The van der Waals surface area contributed by atoms with Gasteiger partial charge in [-0.05, 0) is 76.3 Å². The van der Waals surface area contributed by atoms with E-state index in [4.69, 9.17) is 4.42 Å². The smallest absolute Gasteiger partial charge is 0.293 e. The standard InChI is InChI=1S/C21H13BrINO3S/c22-15-5-3-14(4-6-15)18-10-9-17(27-18)11-19-20(25)24(21(26)28-19)12-13-1-7-16(23)8-2-13/h1-11H,12H2/b19-11+. The quantitative estimate of drug-likeness (QED) is 0.266. The summed E-state index contributed by atoms with van der Waals surface area (Å²) in [5, 5.41) is -0.269. The van der Waals surface area contributed by atoms with Crippen molar-refractivity contribution in [3.05, 3.63) is 84.9 Å². The summed E-state index contributed by atoms with van der Waals surface area (Å²) < 4.78 is 7.93. The molecule has 28 heavy (non-hydrogen) atoms. The van der Waals surface area contributed by atoms with Crippen LogP contribution < -0.4 is 0 Å². The van der Waals surface area contributed by atoms with Crippen LogP contribution in [0.25, 0.3) is 17.4 Å². The van der Waals surface area contributed by atoms with Gasteiger partial charge >= 0.3 is 0 Å². The molecule has 7 heteroatoms. The zero-order valence-electron chi connectivity index (χ0n) is 14.4. The second-order valence-corrected chi connectivity index (χ2v) is 9.26. The molecule has 0 bridgehead atoms. The lowest BCUT2D eigenvalue weighted by Crippen LogP contribution is -2.27. The number of benzene rings is 2. The lowest BCUT2D eigenvalue weighted by Gasteiger charge is -2.12. The highest BCUT2D eigenvalue weighted by Gasteiger charge is 2.35. The number of rotatable bonds is 4. The van der Waals surface area contributed by atoms with E-state index < -0.39 is 0 Å². The zero-order valence-corrected chi connectivity index (χ0v) is 19.0. The Morgan fingerprint density at radius 2 is 1.71 bits per heavy atom. The average Bonchev–Trinajstić information content (AvgIpc) is 3.24. The van der Waals surface area contributed by atoms with Crippen molar-refractivity contribution in [3.63, 3.8) is 0 Å². The van der Waals surface area contributed by atoms with Gasteiger partial charge in [-0.25, -0.2) is 0 Å². The lowest BCUT2D eigenvalue weighted by atomic mass is 10.2. The number of amides is 2. The van der Waals surface area contributed by atoms with Gasteiger partial charge in [-0.15, -0.1) is 0 Å². The van der Waals surface area contributed by atoms with Crippen molar-refractivity contribution >= 4 is 67.5 Å². The van der Waals surface area contributed by atoms with E-state index in [0.29, 0.717) is 16.4 Å². The third kappa shape index (κ3) is 4.26. The molecule has 1 aliphatic heterocycles. The number of halogens is 2. The van der Waals surface area contributed by atoms with Crippen LogP contribution in [0.2, 0.25) is 0 Å². The minimum absolute atomic E-state index is 0.265. The Bertz CT molecular complexity index is 1070. The van der Waals surface area contributed by atoms with Gasteiger partial charge in [-0.3, -0.25) is 14.5 Å². The van der Waals surface area contributed by atoms with Crippen LogP contribution in [0.4, 0.5) is 4.79 Å². The Balaban J connectivity index is 1.52. The fraction of sp³-hybridized carbons (Fsp3) is 0.0476. The predicted octanol–water partition coefficient (Wildman–Crippen LogP) is 6.55. The van der Waals surface area contributed by atoms with Crippen LogP contribution in [0.3, 0.4) is 0 Å². The van der Waals surface area contributed by atoms with E-state index in [-0.39, 0.29) is 17.7 Å². The number of imide groups is 1. The van der Waals surface area contributed by atoms with E-state index in [9.17, 15) is 9.59 Å². The fourth-order valence-corrected chi connectivity index (χ4v) is 4.18. The molecule has 3 aromatic rings. The van der Waals surface area contributed by atoms with E-state index in [2.05, 4.69) is 38.5 Å². The average molecular weight is 566 g/mol. The molecule has 2 amide bonds. The van der Waals surface area contributed by atoms with Crippen LogP contribution in [-0.2, 0) is 11.3 Å². The minimum Gasteiger partial charge on any atom is -0.457 e. The summed E-state index contributed by atoms with van der Waals surface area (Å²) in [5.41, 5.74) is 1.86. The van der Waals surface area contributed by atoms with E-state index in [1.165, 1.54) is 4.90 Å². The summed E-state index contributed by atoms with van der Waals surface area (Å²) in [6, 6.07) is 19.2. The summed E-state index contributed by atoms with van der Waals surface area (Å²) >= 11 is 6.57. The molecule has 140 valence electrons. The lowest BCUT2D eigenvalue weighted by molar-refractivity contribution is -0.123. The van der Waals surface area contributed by atoms with E-state index >= 15 is 0 Å². The van der Waals surface area contributed by atoms with Crippen molar-refractivity contribution in [2.24, 2.45) is 0 Å². The maximum absolute atomic E-state index is 12.7. The third-order valence-corrected chi connectivity index (χ3v) is 6.31. The molecule has 0 radical (unpaired) electrons. The summed E-state index contributed by atoms with van der Waals surface area (Å²) in [5.74, 6) is 0.949. The Kier molecular flexibility index (Phi) is 5.75. The first kappa shape index (κ1) is 19.5. The second-order valence-electron chi connectivity index (χ2n) is 6.10. The number of furan rings is 1. The minimum atomic E-state index is -0.296. The molecule has 1 fully saturated rings. The van der Waals surface area contributed by atoms with Crippen molar-refractivity contribution in [2.75, 3.05) is 0 Å². The number of hydrogen-bond donors (Lipinski definition) is 0. The number of carbonyl (C=O) groups is 2. The predicted molar refractivity (Wildman–Crippen MR) is 123 cm³/mol. The summed E-state index contributed by atoms with van der Waals surface area (Å²) in [7, 11) is 0. The molecule has 2 heterocycles. The van der Waals surface area contributed by atoms with Crippen molar-refractivity contribution in [2.45, 2.75) is 6.54 Å². The van der Waals surface area contributed by atoms with Crippen LogP contribution >= 0.6 is 50.3 Å². The van der Waals surface area contributed by atoms with Gasteiger partial charge in [0.2, 0.25) is 0 Å². The first-order valence-electron chi connectivity index (χ1n) is 8.35. The molecule has 0 atom stereocenters. The molecule has 4 nitrogen and oxygen atoms in total. The van der Waals surface area contributed by atoms with E-state index in [0.717, 1.165) is 30.9 Å². The molecular weight excluding hydrogens is 553 g/mol. The van der Waals surface area contributed by atoms with Gasteiger partial charge in [0.25, 0.3) is 11.1 Å². The Morgan fingerprint density at radius 3 is 2.43 bits per heavy atom. The first-order chi connectivity index (χ1) is 13.5. The molecule has 1 saturated heterocycles. The van der Waals surface area contributed by atoms with Gasteiger partial charge in [-0.1, -0.05) is 40.2 Å². The maximum atomic E-state index is 12.7. The van der Waals surface area contributed by atoms with Crippen LogP contribution in [0.15, 0.2) is 74.5 Å². The molecule has 4 rings (SSSR count). The largest absolute Gasteiger partial charge is 0.457 e. The van der Waals surface area contributed by atoms with Crippen molar-refractivity contribution < 1.29 is 14.0 Å². The highest BCUT2D eigenvalue weighted by Crippen LogP contribution is 2.34. The SMILES string of the molecule is O=C1S/C(=C/c2ccc(-c3ccc(Br)cc3)o2)C(=O)N1Cc1ccc(I)cc1.